The molecule has 3 rings (SSSR count). The number of aliphatic hydroxyl groups is 1. The zero-order valence-corrected chi connectivity index (χ0v) is 12.2. The van der Waals surface area contributed by atoms with E-state index in [2.05, 4.69) is 5.32 Å². The molecule has 0 bridgehead atoms. The summed E-state index contributed by atoms with van der Waals surface area (Å²) >= 11 is 0. The molecule has 2 aliphatic heterocycles. The van der Waals surface area contributed by atoms with Crippen molar-refractivity contribution in [3.05, 3.63) is 18.2 Å². The Balaban J connectivity index is 1.68. The number of carbonyl (C=O) groups is 2. The Morgan fingerprint density at radius 3 is 3.00 bits per heavy atom. The summed E-state index contributed by atoms with van der Waals surface area (Å²) < 4.78 is 10.5. The minimum absolute atomic E-state index is 0.101. The van der Waals surface area contributed by atoms with Crippen LogP contribution in [0.25, 0.3) is 0 Å². The summed E-state index contributed by atoms with van der Waals surface area (Å²) in [6.45, 7) is 2.29. The van der Waals surface area contributed by atoms with E-state index in [1.165, 1.54) is 0 Å². The molecule has 0 radical (unpaired) electrons. The highest BCUT2D eigenvalue weighted by atomic mass is 16.7. The number of nitrogens with zero attached hydrogens (tertiary/aromatic N) is 1. The van der Waals surface area contributed by atoms with E-state index in [1.54, 1.807) is 30.0 Å². The van der Waals surface area contributed by atoms with Gasteiger partial charge in [0.25, 0.3) is 0 Å². The molecular formula is C15H18N2O5. The van der Waals surface area contributed by atoms with Gasteiger partial charge in [0.2, 0.25) is 18.6 Å². The Kier molecular flexibility index (Phi) is 3.89. The highest BCUT2D eigenvalue weighted by molar-refractivity contribution is 6.00. The van der Waals surface area contributed by atoms with Crippen molar-refractivity contribution in [2.24, 2.45) is 5.92 Å². The molecule has 1 aromatic carbocycles. The lowest BCUT2D eigenvalue weighted by molar-refractivity contribution is -0.126. The monoisotopic (exact) mass is 306 g/mol. The highest BCUT2D eigenvalue weighted by Gasteiger charge is 2.35. The number of rotatable bonds is 4. The number of amides is 2. The summed E-state index contributed by atoms with van der Waals surface area (Å²) in [5.41, 5.74) is 0.695. The van der Waals surface area contributed by atoms with Crippen LogP contribution in [0.2, 0.25) is 0 Å². The van der Waals surface area contributed by atoms with E-state index in [1.807, 2.05) is 0 Å². The van der Waals surface area contributed by atoms with E-state index in [0.29, 0.717) is 23.7 Å². The molecule has 0 aromatic heterocycles. The average Bonchev–Trinajstić information content (AvgIpc) is 3.10. The van der Waals surface area contributed by atoms with Crippen LogP contribution in [0.4, 0.5) is 5.69 Å². The van der Waals surface area contributed by atoms with Crippen LogP contribution in [0, 0.1) is 5.92 Å². The standard InChI is InChI=1S/C15H18N2O5/c1-9(18)6-16-15(20)10-4-14(19)17(7-10)11-2-3-12-13(5-11)22-8-21-12/h2-3,5,9-10,18H,4,6-8H2,1H3,(H,16,20). The first kappa shape index (κ1) is 14.6. The Morgan fingerprint density at radius 1 is 1.45 bits per heavy atom. The number of hydrogen-bond donors (Lipinski definition) is 2. The van der Waals surface area contributed by atoms with Gasteiger partial charge in [-0.05, 0) is 19.1 Å². The summed E-state index contributed by atoms with van der Waals surface area (Å²) in [7, 11) is 0. The molecule has 2 atom stereocenters. The number of anilines is 1. The van der Waals surface area contributed by atoms with Gasteiger partial charge in [0.05, 0.1) is 12.0 Å². The van der Waals surface area contributed by atoms with Gasteiger partial charge in [-0.15, -0.1) is 0 Å². The van der Waals surface area contributed by atoms with E-state index in [9.17, 15) is 14.7 Å². The van der Waals surface area contributed by atoms with Crippen LogP contribution in [-0.2, 0) is 9.59 Å². The Bertz CT molecular complexity index is 602. The van der Waals surface area contributed by atoms with Gasteiger partial charge in [-0.2, -0.15) is 0 Å². The van der Waals surface area contributed by atoms with Crippen molar-refractivity contribution >= 4 is 17.5 Å². The summed E-state index contributed by atoms with van der Waals surface area (Å²) in [5.74, 6) is 0.541. The van der Waals surface area contributed by atoms with Gasteiger partial charge in [-0.3, -0.25) is 9.59 Å². The molecule has 0 spiro atoms. The number of ether oxygens (including phenoxy) is 2. The molecule has 1 aromatic rings. The Hall–Kier alpha value is -2.28. The van der Waals surface area contributed by atoms with Gasteiger partial charge >= 0.3 is 0 Å². The number of aliphatic hydroxyl groups excluding tert-OH is 1. The molecule has 2 unspecified atom stereocenters. The van der Waals surface area contributed by atoms with Crippen LogP contribution in [0.5, 0.6) is 11.5 Å². The van der Waals surface area contributed by atoms with Crippen LogP contribution in [0.3, 0.4) is 0 Å². The summed E-state index contributed by atoms with van der Waals surface area (Å²) in [6.07, 6.45) is -0.439. The molecular weight excluding hydrogens is 288 g/mol. The maximum atomic E-state index is 12.2. The maximum Gasteiger partial charge on any atom is 0.231 e. The van der Waals surface area contributed by atoms with Crippen LogP contribution < -0.4 is 19.7 Å². The van der Waals surface area contributed by atoms with Crippen LogP contribution in [0.1, 0.15) is 13.3 Å². The first-order chi connectivity index (χ1) is 10.5. The fourth-order valence-corrected chi connectivity index (χ4v) is 2.58. The SMILES string of the molecule is CC(O)CNC(=O)C1CC(=O)N(c2ccc3c(c2)OCO3)C1. The molecule has 7 heteroatoms. The summed E-state index contributed by atoms with van der Waals surface area (Å²) in [4.78, 5) is 25.7. The van der Waals surface area contributed by atoms with Crippen molar-refractivity contribution in [3.63, 3.8) is 0 Å². The average molecular weight is 306 g/mol. The third-order valence-corrected chi connectivity index (χ3v) is 3.74. The number of carbonyl (C=O) groups excluding carboxylic acids is 2. The highest BCUT2D eigenvalue weighted by Crippen LogP contribution is 2.37. The largest absolute Gasteiger partial charge is 0.454 e. The molecule has 0 saturated carbocycles. The van der Waals surface area contributed by atoms with E-state index < -0.39 is 12.0 Å². The summed E-state index contributed by atoms with van der Waals surface area (Å²) in [6, 6.07) is 5.28. The van der Waals surface area contributed by atoms with Crippen LogP contribution >= 0.6 is 0 Å². The molecule has 0 aliphatic carbocycles. The van der Waals surface area contributed by atoms with Crippen LogP contribution in [0.15, 0.2) is 18.2 Å². The zero-order valence-electron chi connectivity index (χ0n) is 12.2. The smallest absolute Gasteiger partial charge is 0.231 e. The molecule has 1 fully saturated rings. The number of hydrogen-bond acceptors (Lipinski definition) is 5. The quantitative estimate of drug-likeness (QED) is 0.833. The first-order valence-corrected chi connectivity index (χ1v) is 7.20. The molecule has 22 heavy (non-hydrogen) atoms. The molecule has 1 saturated heterocycles. The van der Waals surface area contributed by atoms with E-state index in [4.69, 9.17) is 9.47 Å². The minimum atomic E-state index is -0.606. The number of benzene rings is 1. The molecule has 2 aliphatic rings. The van der Waals surface area contributed by atoms with Crippen molar-refractivity contribution in [1.82, 2.24) is 5.32 Å². The van der Waals surface area contributed by atoms with Gasteiger partial charge in [-0.25, -0.2) is 0 Å². The normalized spacial score (nSPS) is 21.1. The van der Waals surface area contributed by atoms with Crippen molar-refractivity contribution in [2.45, 2.75) is 19.4 Å². The van der Waals surface area contributed by atoms with Gasteiger partial charge < -0.3 is 24.8 Å². The lowest BCUT2D eigenvalue weighted by Gasteiger charge is -2.17. The fraction of sp³-hybridized carbons (Fsp3) is 0.467. The Morgan fingerprint density at radius 2 is 2.23 bits per heavy atom. The third kappa shape index (κ3) is 2.85. The molecule has 2 amide bonds. The second kappa shape index (κ2) is 5.84. The van der Waals surface area contributed by atoms with Crippen molar-refractivity contribution in [2.75, 3.05) is 24.8 Å². The molecule has 7 nitrogen and oxygen atoms in total. The first-order valence-electron chi connectivity index (χ1n) is 7.20. The lowest BCUT2D eigenvalue weighted by atomic mass is 10.1. The maximum absolute atomic E-state index is 12.2. The second-order valence-electron chi connectivity index (χ2n) is 5.54. The van der Waals surface area contributed by atoms with Crippen molar-refractivity contribution in [3.8, 4) is 11.5 Å². The van der Waals surface area contributed by atoms with Gasteiger partial charge in [0, 0.05) is 31.3 Å². The fourth-order valence-electron chi connectivity index (χ4n) is 2.58. The van der Waals surface area contributed by atoms with Gasteiger partial charge in [0.1, 0.15) is 0 Å². The predicted molar refractivity (Wildman–Crippen MR) is 77.7 cm³/mol. The predicted octanol–water partition coefficient (Wildman–Crippen LogP) is 0.265. The second-order valence-corrected chi connectivity index (χ2v) is 5.54. The lowest BCUT2D eigenvalue weighted by Crippen LogP contribution is -2.36. The van der Waals surface area contributed by atoms with Crippen molar-refractivity contribution < 1.29 is 24.2 Å². The number of nitrogens with one attached hydrogen (secondary N) is 1. The molecule has 2 N–H and O–H groups in total. The van der Waals surface area contributed by atoms with E-state index in [-0.39, 0.29) is 31.6 Å². The van der Waals surface area contributed by atoms with Crippen LogP contribution in [-0.4, -0.2) is 42.9 Å². The van der Waals surface area contributed by atoms with Crippen molar-refractivity contribution in [1.29, 1.82) is 0 Å². The minimum Gasteiger partial charge on any atom is -0.454 e. The summed E-state index contributed by atoms with van der Waals surface area (Å²) in [5, 5.41) is 11.8. The van der Waals surface area contributed by atoms with E-state index >= 15 is 0 Å². The van der Waals surface area contributed by atoms with Gasteiger partial charge in [0.15, 0.2) is 11.5 Å². The molecule has 2 heterocycles. The topological polar surface area (TPSA) is 88.1 Å². The zero-order chi connectivity index (χ0) is 15.7. The van der Waals surface area contributed by atoms with Gasteiger partial charge in [-0.1, -0.05) is 0 Å². The third-order valence-electron chi connectivity index (χ3n) is 3.74. The Labute approximate surface area is 127 Å². The molecule has 118 valence electrons. The van der Waals surface area contributed by atoms with E-state index in [0.717, 1.165) is 0 Å². The number of fused-ring (bicyclic) bond motifs is 1.